The monoisotopic (exact) mass is 278 g/mol. The van der Waals surface area contributed by atoms with Gasteiger partial charge in [0.1, 0.15) is 11.5 Å². The number of benzene rings is 1. The summed E-state index contributed by atoms with van der Waals surface area (Å²) in [5, 5.41) is 12.6. The molecule has 1 aromatic rings. The van der Waals surface area contributed by atoms with E-state index in [-0.39, 0.29) is 29.2 Å². The molecule has 2 rings (SSSR count). The van der Waals surface area contributed by atoms with Gasteiger partial charge in [0.15, 0.2) is 0 Å². The van der Waals surface area contributed by atoms with Crippen LogP contribution in [0.25, 0.3) is 0 Å². The Kier molecular flexibility index (Phi) is 4.12. The SMILES string of the molecule is COc1ccc(O)c(C(=O)NC2CCC(=O)N(C)C2)c1. The van der Waals surface area contributed by atoms with E-state index < -0.39 is 0 Å². The van der Waals surface area contributed by atoms with Crippen molar-refractivity contribution in [2.75, 3.05) is 20.7 Å². The van der Waals surface area contributed by atoms with Crippen LogP contribution in [0.2, 0.25) is 0 Å². The number of aromatic hydroxyl groups is 1. The number of nitrogens with zero attached hydrogens (tertiary/aromatic N) is 1. The number of carbonyl (C=O) groups is 2. The molecule has 2 amide bonds. The molecule has 108 valence electrons. The number of rotatable bonds is 3. The first-order valence-corrected chi connectivity index (χ1v) is 6.43. The number of ether oxygens (including phenoxy) is 1. The van der Waals surface area contributed by atoms with Gasteiger partial charge < -0.3 is 20.1 Å². The molecule has 1 atom stereocenters. The Bertz CT molecular complexity index is 530. The first-order chi connectivity index (χ1) is 9.51. The zero-order valence-corrected chi connectivity index (χ0v) is 11.5. The van der Waals surface area contributed by atoms with Crippen LogP contribution in [0.15, 0.2) is 18.2 Å². The second-order valence-electron chi connectivity index (χ2n) is 4.87. The lowest BCUT2D eigenvalue weighted by Crippen LogP contribution is -2.48. The number of phenols is 1. The molecule has 1 aliphatic rings. The molecule has 0 radical (unpaired) electrons. The summed E-state index contributed by atoms with van der Waals surface area (Å²) >= 11 is 0. The third kappa shape index (κ3) is 3.01. The molecule has 1 aliphatic heterocycles. The van der Waals surface area contributed by atoms with E-state index in [1.165, 1.54) is 19.2 Å². The highest BCUT2D eigenvalue weighted by Gasteiger charge is 2.25. The summed E-state index contributed by atoms with van der Waals surface area (Å²) in [6.45, 7) is 0.481. The summed E-state index contributed by atoms with van der Waals surface area (Å²) < 4.78 is 5.04. The number of likely N-dealkylation sites (tertiary alicyclic amines) is 1. The average molecular weight is 278 g/mol. The number of likely N-dealkylation sites (N-methyl/N-ethyl adjacent to an activating group) is 1. The number of carbonyl (C=O) groups excluding carboxylic acids is 2. The Labute approximate surface area is 117 Å². The maximum absolute atomic E-state index is 12.2. The van der Waals surface area contributed by atoms with Crippen LogP contribution in [0, 0.1) is 0 Å². The molecular weight excluding hydrogens is 260 g/mol. The molecule has 0 spiro atoms. The number of hydrogen-bond acceptors (Lipinski definition) is 4. The Morgan fingerprint density at radius 2 is 2.25 bits per heavy atom. The van der Waals surface area contributed by atoms with Gasteiger partial charge in [0, 0.05) is 26.1 Å². The Morgan fingerprint density at radius 3 is 2.90 bits per heavy atom. The zero-order chi connectivity index (χ0) is 14.7. The van der Waals surface area contributed by atoms with E-state index in [0.29, 0.717) is 25.1 Å². The van der Waals surface area contributed by atoms with Crippen LogP contribution in [-0.2, 0) is 4.79 Å². The van der Waals surface area contributed by atoms with E-state index in [1.54, 1.807) is 18.0 Å². The van der Waals surface area contributed by atoms with Crippen molar-refractivity contribution >= 4 is 11.8 Å². The predicted molar refractivity (Wildman–Crippen MR) is 72.8 cm³/mol. The van der Waals surface area contributed by atoms with Crippen LogP contribution in [0.4, 0.5) is 0 Å². The van der Waals surface area contributed by atoms with Gasteiger partial charge in [0.25, 0.3) is 5.91 Å². The van der Waals surface area contributed by atoms with Gasteiger partial charge in [-0.3, -0.25) is 9.59 Å². The highest BCUT2D eigenvalue weighted by molar-refractivity contribution is 5.97. The lowest BCUT2D eigenvalue weighted by Gasteiger charge is -2.30. The molecule has 2 N–H and O–H groups in total. The molecule has 1 saturated heterocycles. The van der Waals surface area contributed by atoms with E-state index >= 15 is 0 Å². The van der Waals surface area contributed by atoms with Crippen LogP contribution in [-0.4, -0.2) is 48.6 Å². The predicted octanol–water partition coefficient (Wildman–Crippen LogP) is 0.751. The highest BCUT2D eigenvalue weighted by Crippen LogP contribution is 2.23. The summed E-state index contributed by atoms with van der Waals surface area (Å²) in [5.74, 6) is 0.126. The van der Waals surface area contributed by atoms with E-state index in [2.05, 4.69) is 5.32 Å². The quantitative estimate of drug-likeness (QED) is 0.855. The average Bonchev–Trinajstić information content (AvgIpc) is 2.43. The van der Waals surface area contributed by atoms with Crippen molar-refractivity contribution in [1.29, 1.82) is 0 Å². The molecule has 1 aromatic carbocycles. The van der Waals surface area contributed by atoms with Gasteiger partial charge in [-0.1, -0.05) is 0 Å². The fraction of sp³-hybridized carbons (Fsp3) is 0.429. The first kappa shape index (κ1) is 14.2. The van der Waals surface area contributed by atoms with E-state index in [0.717, 1.165) is 0 Å². The van der Waals surface area contributed by atoms with Crippen molar-refractivity contribution in [2.45, 2.75) is 18.9 Å². The summed E-state index contributed by atoms with van der Waals surface area (Å²) in [4.78, 5) is 25.1. The molecule has 1 unspecified atom stereocenters. The maximum Gasteiger partial charge on any atom is 0.255 e. The van der Waals surface area contributed by atoms with Crippen molar-refractivity contribution in [3.05, 3.63) is 23.8 Å². The largest absolute Gasteiger partial charge is 0.507 e. The second-order valence-corrected chi connectivity index (χ2v) is 4.87. The lowest BCUT2D eigenvalue weighted by atomic mass is 10.0. The zero-order valence-electron chi connectivity index (χ0n) is 11.5. The van der Waals surface area contributed by atoms with E-state index in [1.807, 2.05) is 0 Å². The summed E-state index contributed by atoms with van der Waals surface area (Å²) in [7, 11) is 3.21. The van der Waals surface area contributed by atoms with Crippen molar-refractivity contribution in [3.8, 4) is 11.5 Å². The van der Waals surface area contributed by atoms with Crippen LogP contribution in [0.3, 0.4) is 0 Å². The minimum Gasteiger partial charge on any atom is -0.507 e. The molecule has 0 saturated carbocycles. The summed E-state index contributed by atoms with van der Waals surface area (Å²) in [6, 6.07) is 4.39. The van der Waals surface area contributed by atoms with Crippen LogP contribution < -0.4 is 10.1 Å². The Hall–Kier alpha value is -2.24. The van der Waals surface area contributed by atoms with E-state index in [4.69, 9.17) is 4.74 Å². The fourth-order valence-corrected chi connectivity index (χ4v) is 2.22. The van der Waals surface area contributed by atoms with Gasteiger partial charge in [-0.2, -0.15) is 0 Å². The molecule has 6 nitrogen and oxygen atoms in total. The van der Waals surface area contributed by atoms with Crippen molar-refractivity contribution in [1.82, 2.24) is 10.2 Å². The molecule has 1 fully saturated rings. The number of piperidine rings is 1. The fourth-order valence-electron chi connectivity index (χ4n) is 2.22. The Balaban J connectivity index is 2.07. The minimum atomic E-state index is -0.367. The molecule has 0 bridgehead atoms. The third-order valence-corrected chi connectivity index (χ3v) is 3.41. The van der Waals surface area contributed by atoms with Crippen molar-refractivity contribution < 1.29 is 19.4 Å². The normalized spacial score (nSPS) is 18.8. The molecule has 1 heterocycles. The number of amides is 2. The number of methoxy groups -OCH3 is 1. The molecule has 20 heavy (non-hydrogen) atoms. The summed E-state index contributed by atoms with van der Waals surface area (Å²) in [6.07, 6.45) is 1.03. The van der Waals surface area contributed by atoms with Crippen molar-refractivity contribution in [2.24, 2.45) is 0 Å². The third-order valence-electron chi connectivity index (χ3n) is 3.41. The molecular formula is C14H18N2O4. The summed E-state index contributed by atoms with van der Waals surface area (Å²) in [5.41, 5.74) is 0.170. The van der Waals surface area contributed by atoms with Gasteiger partial charge in [0.05, 0.1) is 12.7 Å². The van der Waals surface area contributed by atoms with Crippen LogP contribution in [0.1, 0.15) is 23.2 Å². The van der Waals surface area contributed by atoms with Gasteiger partial charge in [0.2, 0.25) is 5.91 Å². The van der Waals surface area contributed by atoms with Gasteiger partial charge >= 0.3 is 0 Å². The van der Waals surface area contributed by atoms with Gasteiger partial charge in [-0.05, 0) is 24.6 Å². The molecule has 0 aromatic heterocycles. The van der Waals surface area contributed by atoms with Gasteiger partial charge in [-0.15, -0.1) is 0 Å². The number of hydrogen-bond donors (Lipinski definition) is 2. The van der Waals surface area contributed by atoms with Crippen molar-refractivity contribution in [3.63, 3.8) is 0 Å². The van der Waals surface area contributed by atoms with Gasteiger partial charge in [-0.25, -0.2) is 0 Å². The first-order valence-electron chi connectivity index (χ1n) is 6.43. The lowest BCUT2D eigenvalue weighted by molar-refractivity contribution is -0.132. The molecule has 6 heteroatoms. The standard InChI is InChI=1S/C14H18N2O4/c1-16-8-9(3-6-13(16)18)15-14(19)11-7-10(20-2)4-5-12(11)17/h4-5,7,9,17H,3,6,8H2,1-2H3,(H,15,19). The van der Waals surface area contributed by atoms with Crippen LogP contribution >= 0.6 is 0 Å². The van der Waals surface area contributed by atoms with Crippen LogP contribution in [0.5, 0.6) is 11.5 Å². The van der Waals surface area contributed by atoms with E-state index in [9.17, 15) is 14.7 Å². The Morgan fingerprint density at radius 1 is 1.50 bits per heavy atom. The topological polar surface area (TPSA) is 78.9 Å². The highest BCUT2D eigenvalue weighted by atomic mass is 16.5. The molecule has 0 aliphatic carbocycles. The smallest absolute Gasteiger partial charge is 0.255 e. The maximum atomic E-state index is 12.2. The number of nitrogens with one attached hydrogen (secondary N) is 1. The minimum absolute atomic E-state index is 0.0831. The second kappa shape index (κ2) is 5.81. The number of phenolic OH excluding ortho intramolecular Hbond substituents is 1.